The molecule has 2 aromatic heterocycles. The van der Waals surface area contributed by atoms with E-state index in [1.807, 2.05) is 12.5 Å². The maximum absolute atomic E-state index is 6.57. The van der Waals surface area contributed by atoms with Gasteiger partial charge in [-0.15, -0.1) is 0 Å². The molecule has 148 valence electrons. The van der Waals surface area contributed by atoms with Crippen molar-refractivity contribution in [2.75, 3.05) is 0 Å². The summed E-state index contributed by atoms with van der Waals surface area (Å²) in [6, 6.07) is 10.6. The van der Waals surface area contributed by atoms with Crippen molar-refractivity contribution in [1.82, 2.24) is 4.98 Å². The standard InChI is InChI=1S/C26H29N2O/c1-16-20(18-11-14-27-15-28(18)6)24-21(17-9-7-8-10-19(17)29-24)23-22(16)25(2,3)12-13-26(23,4)5/h7-11,14-15H,12-13H2,1-6H3/q+1. The van der Waals surface area contributed by atoms with E-state index < -0.39 is 0 Å². The smallest absolute Gasteiger partial charge is 0.286 e. The van der Waals surface area contributed by atoms with Crippen LogP contribution in [0.3, 0.4) is 0 Å². The van der Waals surface area contributed by atoms with Gasteiger partial charge in [0.15, 0.2) is 0 Å². The van der Waals surface area contributed by atoms with Crippen LogP contribution in [0.25, 0.3) is 33.2 Å². The lowest BCUT2D eigenvalue weighted by Crippen LogP contribution is -2.36. The molecule has 0 N–H and O–H groups in total. The van der Waals surface area contributed by atoms with Crippen LogP contribution in [0.1, 0.15) is 57.2 Å². The van der Waals surface area contributed by atoms with Gasteiger partial charge in [0, 0.05) is 16.8 Å². The van der Waals surface area contributed by atoms with Gasteiger partial charge < -0.3 is 4.42 Å². The molecular formula is C26H29N2O+. The first kappa shape index (κ1) is 18.4. The van der Waals surface area contributed by atoms with Crippen molar-refractivity contribution >= 4 is 21.9 Å². The lowest BCUT2D eigenvalue weighted by molar-refractivity contribution is -0.663. The maximum Gasteiger partial charge on any atom is 0.286 e. The van der Waals surface area contributed by atoms with Crippen LogP contribution in [0.4, 0.5) is 0 Å². The number of benzene rings is 2. The number of aromatic nitrogens is 2. The second kappa shape index (κ2) is 5.91. The molecule has 0 bridgehead atoms. The van der Waals surface area contributed by atoms with Crippen LogP contribution in [0.15, 0.2) is 47.3 Å². The van der Waals surface area contributed by atoms with Crippen molar-refractivity contribution in [1.29, 1.82) is 0 Å². The molecule has 0 saturated carbocycles. The number of furan rings is 1. The Hall–Kier alpha value is -2.68. The van der Waals surface area contributed by atoms with Crippen molar-refractivity contribution in [2.24, 2.45) is 7.05 Å². The van der Waals surface area contributed by atoms with Crippen LogP contribution in [0.5, 0.6) is 0 Å². The highest BCUT2D eigenvalue weighted by molar-refractivity contribution is 6.12. The van der Waals surface area contributed by atoms with Gasteiger partial charge in [-0.05, 0) is 53.4 Å². The van der Waals surface area contributed by atoms with E-state index in [9.17, 15) is 0 Å². The number of aryl methyl sites for hydroxylation is 1. The first-order chi connectivity index (χ1) is 13.7. The van der Waals surface area contributed by atoms with E-state index in [0.29, 0.717) is 0 Å². The normalized spacial score (nSPS) is 17.6. The zero-order valence-corrected chi connectivity index (χ0v) is 18.3. The van der Waals surface area contributed by atoms with Crippen molar-refractivity contribution in [3.63, 3.8) is 0 Å². The van der Waals surface area contributed by atoms with Crippen LogP contribution in [0.2, 0.25) is 0 Å². The Morgan fingerprint density at radius 3 is 2.38 bits per heavy atom. The third-order valence-electron chi connectivity index (χ3n) is 7.00. The minimum Gasteiger partial charge on any atom is -0.455 e. The number of fused-ring (bicyclic) bond motifs is 5. The molecule has 3 nitrogen and oxygen atoms in total. The Kier molecular flexibility index (Phi) is 3.74. The molecule has 3 heteroatoms. The Balaban J connectivity index is 2.09. The molecule has 2 aromatic carbocycles. The van der Waals surface area contributed by atoms with E-state index in [0.717, 1.165) is 16.9 Å². The van der Waals surface area contributed by atoms with E-state index in [1.54, 1.807) is 0 Å². The number of hydrogen-bond donors (Lipinski definition) is 0. The molecule has 5 rings (SSSR count). The molecular weight excluding hydrogens is 356 g/mol. The predicted molar refractivity (Wildman–Crippen MR) is 118 cm³/mol. The molecule has 0 saturated heterocycles. The van der Waals surface area contributed by atoms with Crippen LogP contribution in [-0.4, -0.2) is 4.98 Å². The quantitative estimate of drug-likeness (QED) is 0.369. The minimum atomic E-state index is 0.111. The van der Waals surface area contributed by atoms with Crippen LogP contribution in [0, 0.1) is 6.92 Å². The largest absolute Gasteiger partial charge is 0.455 e. The monoisotopic (exact) mass is 385 g/mol. The third-order valence-corrected chi connectivity index (χ3v) is 7.00. The maximum atomic E-state index is 6.57. The average molecular weight is 386 g/mol. The zero-order valence-electron chi connectivity index (χ0n) is 18.3. The fourth-order valence-corrected chi connectivity index (χ4v) is 5.48. The highest BCUT2D eigenvalue weighted by Gasteiger charge is 2.42. The first-order valence-corrected chi connectivity index (χ1v) is 10.5. The fourth-order valence-electron chi connectivity index (χ4n) is 5.48. The van der Waals surface area contributed by atoms with Gasteiger partial charge >= 0.3 is 0 Å². The van der Waals surface area contributed by atoms with Crippen molar-refractivity contribution in [3.05, 3.63) is 59.5 Å². The summed E-state index contributed by atoms with van der Waals surface area (Å²) in [6.07, 6.45) is 6.12. The lowest BCUT2D eigenvalue weighted by atomic mass is 9.60. The van der Waals surface area contributed by atoms with Gasteiger partial charge in [-0.25, -0.2) is 4.57 Å². The predicted octanol–water partition coefficient (Wildman–Crippen LogP) is 6.13. The molecule has 0 aliphatic heterocycles. The van der Waals surface area contributed by atoms with Crippen LogP contribution in [-0.2, 0) is 17.9 Å². The topological polar surface area (TPSA) is 29.9 Å². The summed E-state index contributed by atoms with van der Waals surface area (Å²) in [4.78, 5) is 4.29. The summed E-state index contributed by atoms with van der Waals surface area (Å²) in [5, 5.41) is 2.52. The molecule has 1 aliphatic rings. The number of para-hydroxylation sites is 1. The van der Waals surface area contributed by atoms with Crippen LogP contribution >= 0.6 is 0 Å². The number of nitrogens with zero attached hydrogens (tertiary/aromatic N) is 2. The molecule has 2 heterocycles. The van der Waals surface area contributed by atoms with Gasteiger partial charge in [0.2, 0.25) is 0 Å². The van der Waals surface area contributed by atoms with Gasteiger partial charge in [0.05, 0.1) is 12.6 Å². The van der Waals surface area contributed by atoms with Gasteiger partial charge in [0.25, 0.3) is 6.33 Å². The Bertz CT molecular complexity index is 1280. The average Bonchev–Trinajstić information content (AvgIpc) is 3.04. The van der Waals surface area contributed by atoms with E-state index >= 15 is 0 Å². The molecule has 0 spiro atoms. The van der Waals surface area contributed by atoms with Crippen molar-refractivity contribution < 1.29 is 8.98 Å². The van der Waals surface area contributed by atoms with Gasteiger partial charge in [-0.1, -0.05) is 50.9 Å². The van der Waals surface area contributed by atoms with E-state index in [-0.39, 0.29) is 10.8 Å². The van der Waals surface area contributed by atoms with Gasteiger partial charge in [0.1, 0.15) is 23.1 Å². The Morgan fingerprint density at radius 1 is 0.966 bits per heavy atom. The number of hydrogen-bond acceptors (Lipinski definition) is 2. The Labute approximate surface area is 172 Å². The molecule has 0 atom stereocenters. The van der Waals surface area contributed by atoms with E-state index in [2.05, 4.69) is 81.5 Å². The highest BCUT2D eigenvalue weighted by atomic mass is 16.3. The summed E-state index contributed by atoms with van der Waals surface area (Å²) in [6.45, 7) is 11.9. The lowest BCUT2D eigenvalue weighted by Gasteiger charge is -2.43. The molecule has 29 heavy (non-hydrogen) atoms. The Morgan fingerprint density at radius 2 is 1.66 bits per heavy atom. The van der Waals surface area contributed by atoms with Crippen LogP contribution < -0.4 is 4.57 Å². The fraction of sp³-hybridized carbons (Fsp3) is 0.385. The highest BCUT2D eigenvalue weighted by Crippen LogP contribution is 2.54. The summed E-state index contributed by atoms with van der Waals surface area (Å²) in [5.74, 6) is 0. The second-order valence-corrected chi connectivity index (χ2v) is 9.90. The third kappa shape index (κ3) is 2.49. The molecule has 0 fully saturated rings. The molecule has 4 aromatic rings. The summed E-state index contributed by atoms with van der Waals surface area (Å²) >= 11 is 0. The SMILES string of the molecule is Cc1c2c(c3c(oc4ccccc43)c1-c1ccnc[n+]1C)C(C)(C)CCC2(C)C. The summed E-state index contributed by atoms with van der Waals surface area (Å²) in [5.41, 5.74) is 8.87. The molecule has 0 amide bonds. The molecule has 1 aliphatic carbocycles. The number of rotatable bonds is 1. The van der Waals surface area contributed by atoms with E-state index in [1.165, 1.54) is 45.9 Å². The van der Waals surface area contributed by atoms with Crippen molar-refractivity contribution in [2.45, 2.75) is 58.3 Å². The van der Waals surface area contributed by atoms with Gasteiger partial charge in [-0.2, -0.15) is 0 Å². The summed E-state index contributed by atoms with van der Waals surface area (Å²) < 4.78 is 8.67. The minimum absolute atomic E-state index is 0.111. The van der Waals surface area contributed by atoms with Gasteiger partial charge in [-0.3, -0.25) is 0 Å². The summed E-state index contributed by atoms with van der Waals surface area (Å²) in [7, 11) is 2.06. The molecule has 0 unspecified atom stereocenters. The zero-order chi connectivity index (χ0) is 20.6. The second-order valence-electron chi connectivity index (χ2n) is 9.90. The first-order valence-electron chi connectivity index (χ1n) is 10.5. The van der Waals surface area contributed by atoms with E-state index in [4.69, 9.17) is 4.42 Å². The molecule has 0 radical (unpaired) electrons. The van der Waals surface area contributed by atoms with Crippen molar-refractivity contribution in [3.8, 4) is 11.3 Å².